The molecule has 0 saturated carbocycles. The standard InChI is InChI=1S/C22H26IN3O2/c23-20-11-5-4-10-19(20)22(28)25-15-21(27)24-14-17-8-2-3-9-18(17)16-26-12-6-1-7-13-26/h2-5,8-11H,1,6-7,12-16H2,(H,24,27)(H,25,28). The van der Waals surface area contributed by atoms with Gasteiger partial charge in [-0.05, 0) is 71.8 Å². The van der Waals surface area contributed by atoms with Gasteiger partial charge in [0.1, 0.15) is 0 Å². The molecule has 2 amide bonds. The number of hydrogen-bond donors (Lipinski definition) is 2. The van der Waals surface area contributed by atoms with Crippen LogP contribution in [0, 0.1) is 3.57 Å². The molecule has 0 unspecified atom stereocenters. The van der Waals surface area contributed by atoms with Gasteiger partial charge in [0.15, 0.2) is 0 Å². The Balaban J connectivity index is 1.49. The molecule has 5 nitrogen and oxygen atoms in total. The lowest BCUT2D eigenvalue weighted by Gasteiger charge is -2.27. The van der Waals surface area contributed by atoms with Crippen LogP contribution in [0.3, 0.4) is 0 Å². The lowest BCUT2D eigenvalue weighted by molar-refractivity contribution is -0.120. The first-order valence-corrected chi connectivity index (χ1v) is 10.8. The van der Waals surface area contributed by atoms with E-state index in [-0.39, 0.29) is 18.4 Å². The number of nitrogens with one attached hydrogen (secondary N) is 2. The average Bonchev–Trinajstić information content (AvgIpc) is 2.72. The molecule has 2 aromatic rings. The Hall–Kier alpha value is -1.93. The van der Waals surface area contributed by atoms with Gasteiger partial charge in [-0.3, -0.25) is 14.5 Å². The van der Waals surface area contributed by atoms with Crippen molar-refractivity contribution in [1.82, 2.24) is 15.5 Å². The second-order valence-corrected chi connectivity index (χ2v) is 8.21. The summed E-state index contributed by atoms with van der Waals surface area (Å²) in [6.07, 6.45) is 3.85. The van der Waals surface area contributed by atoms with Crippen molar-refractivity contribution in [2.24, 2.45) is 0 Å². The van der Waals surface area contributed by atoms with E-state index in [1.807, 2.05) is 30.3 Å². The van der Waals surface area contributed by atoms with Crippen molar-refractivity contribution in [2.45, 2.75) is 32.4 Å². The van der Waals surface area contributed by atoms with Crippen molar-refractivity contribution in [3.8, 4) is 0 Å². The summed E-state index contributed by atoms with van der Waals surface area (Å²) in [6.45, 7) is 3.66. The summed E-state index contributed by atoms with van der Waals surface area (Å²) in [6, 6.07) is 15.6. The summed E-state index contributed by atoms with van der Waals surface area (Å²) in [5.41, 5.74) is 2.97. The number of nitrogens with zero attached hydrogens (tertiary/aromatic N) is 1. The summed E-state index contributed by atoms with van der Waals surface area (Å²) in [5.74, 6) is -0.419. The van der Waals surface area contributed by atoms with E-state index < -0.39 is 0 Å². The van der Waals surface area contributed by atoms with Crippen molar-refractivity contribution in [2.75, 3.05) is 19.6 Å². The van der Waals surface area contributed by atoms with Gasteiger partial charge < -0.3 is 10.6 Å². The molecule has 1 saturated heterocycles. The number of carbonyl (C=O) groups excluding carboxylic acids is 2. The molecule has 0 bridgehead atoms. The number of piperidine rings is 1. The SMILES string of the molecule is O=C(CNC(=O)c1ccccc1I)NCc1ccccc1CN1CCCCC1. The van der Waals surface area contributed by atoms with Crippen LogP contribution >= 0.6 is 22.6 Å². The average molecular weight is 491 g/mol. The van der Waals surface area contributed by atoms with Crippen molar-refractivity contribution in [1.29, 1.82) is 0 Å². The quantitative estimate of drug-likeness (QED) is 0.585. The third kappa shape index (κ3) is 6.04. The Morgan fingerprint density at radius 2 is 1.57 bits per heavy atom. The van der Waals surface area contributed by atoms with Crippen LogP contribution in [0.4, 0.5) is 0 Å². The smallest absolute Gasteiger partial charge is 0.252 e. The van der Waals surface area contributed by atoms with Gasteiger partial charge >= 0.3 is 0 Å². The molecule has 1 fully saturated rings. The summed E-state index contributed by atoms with van der Waals surface area (Å²) < 4.78 is 0.865. The minimum Gasteiger partial charge on any atom is -0.350 e. The lowest BCUT2D eigenvalue weighted by Crippen LogP contribution is -2.37. The van der Waals surface area contributed by atoms with Crippen LogP contribution in [-0.4, -0.2) is 36.3 Å². The number of hydrogen-bond acceptors (Lipinski definition) is 3. The Morgan fingerprint density at radius 3 is 2.32 bits per heavy atom. The molecule has 2 aromatic carbocycles. The van der Waals surface area contributed by atoms with Gasteiger partial charge in [0.05, 0.1) is 12.1 Å². The van der Waals surface area contributed by atoms with Crippen LogP contribution in [0.25, 0.3) is 0 Å². The maximum Gasteiger partial charge on any atom is 0.252 e. The van der Waals surface area contributed by atoms with Crippen molar-refractivity contribution in [3.63, 3.8) is 0 Å². The second-order valence-electron chi connectivity index (χ2n) is 7.04. The van der Waals surface area contributed by atoms with Gasteiger partial charge in [-0.2, -0.15) is 0 Å². The fourth-order valence-corrected chi connectivity index (χ4v) is 4.03. The van der Waals surface area contributed by atoms with Gasteiger partial charge in [0.25, 0.3) is 5.91 Å². The molecule has 28 heavy (non-hydrogen) atoms. The first-order valence-electron chi connectivity index (χ1n) is 9.72. The second kappa shape index (κ2) is 10.6. The van der Waals surface area contributed by atoms with Gasteiger partial charge in [-0.1, -0.05) is 42.8 Å². The minimum absolute atomic E-state index is 0.0297. The molecule has 2 N–H and O–H groups in total. The van der Waals surface area contributed by atoms with E-state index in [9.17, 15) is 9.59 Å². The zero-order valence-corrected chi connectivity index (χ0v) is 18.1. The predicted molar refractivity (Wildman–Crippen MR) is 119 cm³/mol. The van der Waals surface area contributed by atoms with Gasteiger partial charge in [-0.25, -0.2) is 0 Å². The highest BCUT2D eigenvalue weighted by Crippen LogP contribution is 2.16. The Labute approximate surface area is 180 Å². The molecule has 0 atom stereocenters. The highest BCUT2D eigenvalue weighted by Gasteiger charge is 2.14. The molecular weight excluding hydrogens is 465 g/mol. The summed E-state index contributed by atoms with van der Waals surface area (Å²) in [7, 11) is 0. The largest absolute Gasteiger partial charge is 0.350 e. The highest BCUT2D eigenvalue weighted by atomic mass is 127. The first-order chi connectivity index (χ1) is 13.6. The highest BCUT2D eigenvalue weighted by molar-refractivity contribution is 14.1. The summed E-state index contributed by atoms with van der Waals surface area (Å²) in [4.78, 5) is 26.9. The van der Waals surface area contributed by atoms with Crippen molar-refractivity contribution < 1.29 is 9.59 Å². The van der Waals surface area contributed by atoms with Crippen molar-refractivity contribution >= 4 is 34.4 Å². The summed E-state index contributed by atoms with van der Waals surface area (Å²) >= 11 is 2.12. The van der Waals surface area contributed by atoms with Gasteiger partial charge in [-0.15, -0.1) is 0 Å². The molecule has 1 aliphatic heterocycles. The van der Waals surface area contributed by atoms with E-state index in [1.54, 1.807) is 6.07 Å². The Bertz CT molecular complexity index is 819. The lowest BCUT2D eigenvalue weighted by atomic mass is 10.0. The van der Waals surface area contributed by atoms with E-state index in [2.05, 4.69) is 50.3 Å². The Kier molecular flexibility index (Phi) is 7.85. The minimum atomic E-state index is -0.231. The first kappa shape index (κ1) is 20.8. The molecule has 0 radical (unpaired) electrons. The van der Waals surface area contributed by atoms with Crippen LogP contribution in [0.1, 0.15) is 40.7 Å². The van der Waals surface area contributed by atoms with Crippen LogP contribution in [0.5, 0.6) is 0 Å². The third-order valence-corrected chi connectivity index (χ3v) is 5.91. The van der Waals surface area contributed by atoms with Crippen LogP contribution < -0.4 is 10.6 Å². The number of amides is 2. The van der Waals surface area contributed by atoms with Crippen LogP contribution in [-0.2, 0) is 17.9 Å². The third-order valence-electron chi connectivity index (χ3n) is 4.97. The zero-order chi connectivity index (χ0) is 19.8. The molecule has 0 aromatic heterocycles. The molecule has 1 aliphatic rings. The molecule has 0 aliphatic carbocycles. The van der Waals surface area contributed by atoms with E-state index in [0.29, 0.717) is 12.1 Å². The monoisotopic (exact) mass is 491 g/mol. The van der Waals surface area contributed by atoms with E-state index in [4.69, 9.17) is 0 Å². The predicted octanol–water partition coefficient (Wildman–Crippen LogP) is 3.32. The number of carbonyl (C=O) groups is 2. The van der Waals surface area contributed by atoms with E-state index in [0.717, 1.165) is 28.8 Å². The van der Waals surface area contributed by atoms with E-state index in [1.165, 1.54) is 24.8 Å². The van der Waals surface area contributed by atoms with Gasteiger partial charge in [0.2, 0.25) is 5.91 Å². The molecule has 148 valence electrons. The molecule has 3 rings (SSSR count). The number of likely N-dealkylation sites (tertiary alicyclic amines) is 1. The Morgan fingerprint density at radius 1 is 0.893 bits per heavy atom. The number of halogens is 1. The molecule has 6 heteroatoms. The molecular formula is C22H26IN3O2. The summed E-state index contributed by atoms with van der Waals surface area (Å²) in [5, 5.41) is 5.62. The van der Waals surface area contributed by atoms with Gasteiger partial charge in [0, 0.05) is 16.7 Å². The van der Waals surface area contributed by atoms with Crippen LogP contribution in [0.15, 0.2) is 48.5 Å². The zero-order valence-electron chi connectivity index (χ0n) is 15.9. The number of rotatable bonds is 7. The maximum atomic E-state index is 12.2. The maximum absolute atomic E-state index is 12.2. The topological polar surface area (TPSA) is 61.4 Å². The fourth-order valence-electron chi connectivity index (χ4n) is 3.40. The fraction of sp³-hybridized carbons (Fsp3) is 0.364. The molecule has 0 spiro atoms. The number of benzene rings is 2. The van der Waals surface area contributed by atoms with Crippen molar-refractivity contribution in [3.05, 3.63) is 68.8 Å². The normalized spacial score (nSPS) is 14.5. The van der Waals surface area contributed by atoms with Crippen LogP contribution in [0.2, 0.25) is 0 Å². The molecule has 1 heterocycles. The van der Waals surface area contributed by atoms with E-state index >= 15 is 0 Å².